The van der Waals surface area contributed by atoms with Crippen LogP contribution < -0.4 is 0 Å². The molecule has 0 unspecified atom stereocenters. The predicted octanol–water partition coefficient (Wildman–Crippen LogP) is 4.18. The zero-order valence-corrected chi connectivity index (χ0v) is 17.1. The van der Waals surface area contributed by atoms with E-state index in [2.05, 4.69) is 4.98 Å². The number of benzene rings is 2. The zero-order chi connectivity index (χ0) is 22.1. The number of aliphatic hydroxyl groups excluding tert-OH is 1. The predicted molar refractivity (Wildman–Crippen MR) is 115 cm³/mol. The molecule has 7 heteroatoms. The molecule has 0 saturated heterocycles. The van der Waals surface area contributed by atoms with Gasteiger partial charge < -0.3 is 14.4 Å². The summed E-state index contributed by atoms with van der Waals surface area (Å²) in [7, 11) is 3.40. The summed E-state index contributed by atoms with van der Waals surface area (Å²) >= 11 is 0. The second-order valence-corrected chi connectivity index (χ2v) is 7.45. The lowest BCUT2D eigenvalue weighted by atomic mass is 10.0. The quantitative estimate of drug-likeness (QED) is 0.526. The molecule has 2 heterocycles. The van der Waals surface area contributed by atoms with Crippen molar-refractivity contribution in [1.82, 2.24) is 14.3 Å². The summed E-state index contributed by atoms with van der Waals surface area (Å²) in [4.78, 5) is 18.2. The molecule has 31 heavy (non-hydrogen) atoms. The van der Waals surface area contributed by atoms with Gasteiger partial charge >= 0.3 is 0 Å². The van der Waals surface area contributed by atoms with Crippen molar-refractivity contribution in [2.75, 3.05) is 20.7 Å². The van der Waals surface area contributed by atoms with Crippen LogP contribution in [0.25, 0.3) is 28.0 Å². The number of aromatic nitrogens is 2. The van der Waals surface area contributed by atoms with Crippen molar-refractivity contribution in [2.45, 2.75) is 6.42 Å². The summed E-state index contributed by atoms with van der Waals surface area (Å²) in [5.74, 6) is -1.42. The number of amides is 1. The van der Waals surface area contributed by atoms with E-state index < -0.39 is 11.6 Å². The fourth-order valence-corrected chi connectivity index (χ4v) is 3.49. The summed E-state index contributed by atoms with van der Waals surface area (Å²) in [6.45, 7) is -0.333. The largest absolute Gasteiger partial charge is 0.396 e. The maximum atomic E-state index is 14.8. The lowest BCUT2D eigenvalue weighted by Crippen LogP contribution is -2.21. The van der Waals surface area contributed by atoms with Crippen molar-refractivity contribution in [3.63, 3.8) is 0 Å². The van der Waals surface area contributed by atoms with Gasteiger partial charge in [0, 0.05) is 67.3 Å². The molecule has 0 aliphatic rings. The van der Waals surface area contributed by atoms with Crippen LogP contribution in [0.2, 0.25) is 0 Å². The zero-order valence-electron chi connectivity index (χ0n) is 17.1. The first kappa shape index (κ1) is 20.7. The van der Waals surface area contributed by atoms with E-state index in [0.29, 0.717) is 22.5 Å². The second-order valence-electron chi connectivity index (χ2n) is 7.45. The third-order valence-electron chi connectivity index (χ3n) is 5.14. The topological polar surface area (TPSA) is 57.8 Å². The molecule has 4 rings (SSSR count). The van der Waals surface area contributed by atoms with Crippen LogP contribution >= 0.6 is 0 Å². The first-order valence-corrected chi connectivity index (χ1v) is 9.78. The number of halogens is 2. The first-order chi connectivity index (χ1) is 14.9. The van der Waals surface area contributed by atoms with Crippen molar-refractivity contribution < 1.29 is 18.7 Å². The van der Waals surface area contributed by atoms with Crippen LogP contribution in [0.1, 0.15) is 15.9 Å². The van der Waals surface area contributed by atoms with E-state index in [1.165, 1.54) is 17.0 Å². The molecule has 0 fully saturated rings. The Hall–Kier alpha value is -3.58. The number of carbonyl (C=O) groups excluding carboxylic acids is 1. The van der Waals surface area contributed by atoms with Crippen LogP contribution in [0.5, 0.6) is 0 Å². The second kappa shape index (κ2) is 8.28. The van der Waals surface area contributed by atoms with Gasteiger partial charge in [-0.2, -0.15) is 0 Å². The molecule has 0 saturated carbocycles. The van der Waals surface area contributed by atoms with Gasteiger partial charge in [-0.05, 0) is 36.4 Å². The van der Waals surface area contributed by atoms with Crippen LogP contribution in [0.4, 0.5) is 8.78 Å². The summed E-state index contributed by atoms with van der Waals surface area (Å²) in [5, 5.41) is 9.09. The molecule has 2 aromatic carbocycles. The van der Waals surface area contributed by atoms with E-state index in [9.17, 15) is 13.6 Å². The van der Waals surface area contributed by atoms with Gasteiger partial charge in [-0.25, -0.2) is 13.8 Å². The number of hydrogen-bond donors (Lipinski definition) is 1. The Morgan fingerprint density at radius 2 is 1.71 bits per heavy atom. The van der Waals surface area contributed by atoms with Gasteiger partial charge in [0.05, 0.1) is 5.69 Å². The van der Waals surface area contributed by atoms with E-state index in [0.717, 1.165) is 5.56 Å². The van der Waals surface area contributed by atoms with E-state index >= 15 is 0 Å². The number of fused-ring (bicyclic) bond motifs is 1. The Morgan fingerprint density at radius 3 is 2.39 bits per heavy atom. The van der Waals surface area contributed by atoms with Crippen LogP contribution in [0, 0.1) is 11.6 Å². The molecule has 0 bridgehead atoms. The first-order valence-electron chi connectivity index (χ1n) is 9.78. The number of nitrogens with zero attached hydrogens (tertiary/aromatic N) is 3. The average molecular weight is 421 g/mol. The molecule has 0 aliphatic heterocycles. The summed E-state index contributed by atoms with van der Waals surface area (Å²) in [6, 6.07) is 13.3. The SMILES string of the molecule is CN(C)C(=O)c1ccc(-c2cn3cc(-c4ccc(F)c(CCO)c4F)ccc3n2)cc1. The van der Waals surface area contributed by atoms with Gasteiger partial charge in [-0.15, -0.1) is 0 Å². The summed E-state index contributed by atoms with van der Waals surface area (Å²) in [5.41, 5.74) is 3.52. The van der Waals surface area contributed by atoms with Gasteiger partial charge in [0.25, 0.3) is 5.91 Å². The maximum absolute atomic E-state index is 14.8. The van der Waals surface area contributed by atoms with Gasteiger partial charge in [-0.3, -0.25) is 4.79 Å². The lowest BCUT2D eigenvalue weighted by molar-refractivity contribution is 0.0827. The minimum atomic E-state index is -0.671. The molecule has 0 radical (unpaired) electrons. The molecule has 158 valence electrons. The van der Waals surface area contributed by atoms with Crippen molar-refractivity contribution in [2.24, 2.45) is 0 Å². The average Bonchev–Trinajstić information content (AvgIpc) is 3.19. The van der Waals surface area contributed by atoms with Gasteiger partial charge in [0.15, 0.2) is 0 Å². The molecular formula is C24H21F2N3O2. The third kappa shape index (κ3) is 3.92. The Balaban J connectivity index is 1.70. The third-order valence-corrected chi connectivity index (χ3v) is 5.14. The Labute approximate surface area is 178 Å². The molecule has 1 amide bonds. The van der Waals surface area contributed by atoms with Crippen molar-refractivity contribution in [3.05, 3.63) is 83.7 Å². The molecule has 0 spiro atoms. The van der Waals surface area contributed by atoms with Crippen molar-refractivity contribution in [3.8, 4) is 22.4 Å². The monoisotopic (exact) mass is 421 g/mol. The molecule has 5 nitrogen and oxygen atoms in total. The number of hydrogen-bond acceptors (Lipinski definition) is 3. The van der Waals surface area contributed by atoms with Crippen molar-refractivity contribution in [1.29, 1.82) is 0 Å². The van der Waals surface area contributed by atoms with Crippen LogP contribution in [0.15, 0.2) is 60.9 Å². The lowest BCUT2D eigenvalue weighted by Gasteiger charge is -2.10. The Kier molecular flexibility index (Phi) is 5.52. The summed E-state index contributed by atoms with van der Waals surface area (Å²) < 4.78 is 30.5. The highest BCUT2D eigenvalue weighted by Gasteiger charge is 2.16. The highest BCUT2D eigenvalue weighted by atomic mass is 19.1. The Bertz CT molecular complexity index is 1260. The molecular weight excluding hydrogens is 400 g/mol. The van der Waals surface area contributed by atoms with Crippen LogP contribution in [-0.2, 0) is 6.42 Å². The number of pyridine rings is 1. The number of rotatable bonds is 5. The van der Waals surface area contributed by atoms with E-state index in [-0.39, 0.29) is 30.1 Å². The molecule has 0 aliphatic carbocycles. The minimum absolute atomic E-state index is 0.0758. The van der Waals surface area contributed by atoms with E-state index in [4.69, 9.17) is 5.11 Å². The Morgan fingerprint density at radius 1 is 1.00 bits per heavy atom. The van der Waals surface area contributed by atoms with Crippen molar-refractivity contribution >= 4 is 11.6 Å². The van der Waals surface area contributed by atoms with E-state index in [1.807, 2.05) is 18.3 Å². The van der Waals surface area contributed by atoms with E-state index in [1.54, 1.807) is 49.0 Å². The molecule has 0 atom stereocenters. The van der Waals surface area contributed by atoms with Crippen LogP contribution in [0.3, 0.4) is 0 Å². The number of aliphatic hydroxyl groups is 1. The smallest absolute Gasteiger partial charge is 0.253 e. The fourth-order valence-electron chi connectivity index (χ4n) is 3.49. The number of imidazole rings is 1. The number of carbonyl (C=O) groups is 1. The normalized spacial score (nSPS) is 11.1. The highest BCUT2D eigenvalue weighted by molar-refractivity contribution is 5.94. The maximum Gasteiger partial charge on any atom is 0.253 e. The van der Waals surface area contributed by atoms with Gasteiger partial charge in [0.1, 0.15) is 17.3 Å². The molecule has 2 aromatic heterocycles. The standard InChI is InChI=1S/C24H21F2N3O2/c1-28(2)24(31)16-5-3-15(4-6-16)21-14-29-13-17(7-10-22(29)27-21)18-8-9-20(25)19(11-12-30)23(18)26/h3-10,13-14,30H,11-12H2,1-2H3. The minimum Gasteiger partial charge on any atom is -0.396 e. The van der Waals surface area contributed by atoms with Crippen LogP contribution in [-0.4, -0.2) is 46.0 Å². The molecule has 4 aromatic rings. The fraction of sp³-hybridized carbons (Fsp3) is 0.167. The molecule has 1 N–H and O–H groups in total. The highest BCUT2D eigenvalue weighted by Crippen LogP contribution is 2.28. The van der Waals surface area contributed by atoms with Gasteiger partial charge in [0.2, 0.25) is 0 Å². The van der Waals surface area contributed by atoms with Gasteiger partial charge in [-0.1, -0.05) is 12.1 Å². The summed E-state index contributed by atoms with van der Waals surface area (Å²) in [6.07, 6.45) is 3.46.